The van der Waals surface area contributed by atoms with Crippen molar-refractivity contribution < 1.29 is 29.0 Å². The lowest BCUT2D eigenvalue weighted by molar-refractivity contribution is -0.873. The Balaban J connectivity index is 3.74. The van der Waals surface area contributed by atoms with E-state index in [1.165, 1.54) is 70.6 Å². The highest BCUT2D eigenvalue weighted by atomic mass is 16.5. The van der Waals surface area contributed by atoms with Crippen molar-refractivity contribution in [1.29, 1.82) is 0 Å². The SMILES string of the molecule is CCCCCCCCCCCCCCC[C@@H](O)CC(=O)O[C@H](CC(=O)[O-])C[N+](C)(C)C. The van der Waals surface area contributed by atoms with Crippen LogP contribution in [0.15, 0.2) is 0 Å². The lowest BCUT2D eigenvalue weighted by atomic mass is 10.0. The number of aliphatic hydroxyl groups excluding tert-OH is 1. The van der Waals surface area contributed by atoms with Crippen molar-refractivity contribution in [3.8, 4) is 0 Å². The van der Waals surface area contributed by atoms with Gasteiger partial charge in [0.15, 0.2) is 6.10 Å². The monoisotopic (exact) mass is 443 g/mol. The van der Waals surface area contributed by atoms with Gasteiger partial charge in [0.2, 0.25) is 0 Å². The van der Waals surface area contributed by atoms with Crippen LogP contribution in [0.3, 0.4) is 0 Å². The van der Waals surface area contributed by atoms with Crippen molar-refractivity contribution >= 4 is 11.9 Å². The van der Waals surface area contributed by atoms with E-state index in [0.717, 1.165) is 12.8 Å². The molecular formula is C25H49NO5. The Morgan fingerprint density at radius 2 is 1.26 bits per heavy atom. The smallest absolute Gasteiger partial charge is 0.308 e. The van der Waals surface area contributed by atoms with Crippen LogP contribution in [0.1, 0.15) is 110 Å². The molecule has 0 bridgehead atoms. The quantitative estimate of drug-likeness (QED) is 0.165. The molecule has 0 unspecified atom stereocenters. The normalized spacial score (nSPS) is 13.7. The van der Waals surface area contributed by atoms with Gasteiger partial charge in [0.05, 0.1) is 33.7 Å². The van der Waals surface area contributed by atoms with Gasteiger partial charge in [0, 0.05) is 12.4 Å². The number of carboxylic acid groups (broad SMARTS) is 1. The summed E-state index contributed by atoms with van der Waals surface area (Å²) in [4.78, 5) is 23.0. The zero-order valence-electron chi connectivity index (χ0n) is 20.7. The fourth-order valence-electron chi connectivity index (χ4n) is 3.87. The minimum Gasteiger partial charge on any atom is -0.550 e. The summed E-state index contributed by atoms with van der Waals surface area (Å²) in [5, 5.41) is 21.0. The molecule has 0 aliphatic carbocycles. The minimum atomic E-state index is -1.24. The second-order valence-electron chi connectivity index (χ2n) is 10.1. The molecule has 0 rings (SSSR count). The Kier molecular flexibility index (Phi) is 17.8. The van der Waals surface area contributed by atoms with Crippen molar-refractivity contribution in [2.24, 2.45) is 0 Å². The summed E-state index contributed by atoms with van der Waals surface area (Å²) in [6, 6.07) is 0. The minimum absolute atomic E-state index is 0.0844. The van der Waals surface area contributed by atoms with Gasteiger partial charge in [-0.1, -0.05) is 90.4 Å². The number of likely N-dealkylation sites (N-methyl/N-ethyl adjacent to an activating group) is 1. The first-order chi connectivity index (χ1) is 14.6. The third kappa shape index (κ3) is 21.9. The second kappa shape index (κ2) is 18.4. The molecule has 0 aliphatic heterocycles. The van der Waals surface area contributed by atoms with E-state index < -0.39 is 24.1 Å². The van der Waals surface area contributed by atoms with Gasteiger partial charge in [-0.05, 0) is 6.42 Å². The molecular weight excluding hydrogens is 394 g/mol. The third-order valence-electron chi connectivity index (χ3n) is 5.49. The molecule has 2 atom stereocenters. The molecule has 0 aromatic heterocycles. The van der Waals surface area contributed by atoms with Gasteiger partial charge in [-0.15, -0.1) is 0 Å². The van der Waals surface area contributed by atoms with Gasteiger partial charge in [-0.3, -0.25) is 4.79 Å². The number of hydrogen-bond acceptors (Lipinski definition) is 5. The van der Waals surface area contributed by atoms with Crippen LogP contribution in [0, 0.1) is 0 Å². The molecule has 0 amide bonds. The van der Waals surface area contributed by atoms with Crippen LogP contribution in [0.2, 0.25) is 0 Å². The number of esters is 1. The topological polar surface area (TPSA) is 86.7 Å². The number of quaternary nitrogens is 1. The van der Waals surface area contributed by atoms with E-state index in [0.29, 0.717) is 17.4 Å². The molecule has 1 N–H and O–H groups in total. The van der Waals surface area contributed by atoms with E-state index in [4.69, 9.17) is 4.74 Å². The van der Waals surface area contributed by atoms with Crippen molar-refractivity contribution in [2.75, 3.05) is 27.7 Å². The number of carbonyl (C=O) groups is 2. The largest absolute Gasteiger partial charge is 0.550 e. The predicted octanol–water partition coefficient (Wildman–Crippen LogP) is 3.98. The Bertz CT molecular complexity index is 461. The number of rotatable bonds is 21. The van der Waals surface area contributed by atoms with Crippen molar-refractivity contribution in [3.63, 3.8) is 0 Å². The van der Waals surface area contributed by atoms with E-state index in [1.54, 1.807) is 0 Å². The van der Waals surface area contributed by atoms with Gasteiger partial charge in [-0.2, -0.15) is 0 Å². The predicted molar refractivity (Wildman–Crippen MR) is 123 cm³/mol. The van der Waals surface area contributed by atoms with E-state index in [2.05, 4.69) is 6.92 Å². The Labute approximate surface area is 190 Å². The summed E-state index contributed by atoms with van der Waals surface area (Å²) in [6.07, 6.45) is 15.2. The first-order valence-electron chi connectivity index (χ1n) is 12.5. The lowest BCUT2D eigenvalue weighted by Crippen LogP contribution is -2.45. The van der Waals surface area contributed by atoms with E-state index >= 15 is 0 Å². The maximum absolute atomic E-state index is 12.1. The fourth-order valence-corrected chi connectivity index (χ4v) is 3.87. The fraction of sp³-hybridized carbons (Fsp3) is 0.920. The standard InChI is InChI=1S/C25H49NO5/c1-5-6-7-8-9-10-11-12-13-14-15-16-17-18-22(27)19-25(30)31-23(20-24(28)29)21-26(2,3)4/h22-23,27H,5-21H2,1-4H3/t22-,23-/m1/s1. The summed E-state index contributed by atoms with van der Waals surface area (Å²) in [5.41, 5.74) is 0. The average Bonchev–Trinajstić information content (AvgIpc) is 2.63. The van der Waals surface area contributed by atoms with Crippen LogP contribution in [0.4, 0.5) is 0 Å². The summed E-state index contributed by atoms with van der Waals surface area (Å²) in [7, 11) is 5.71. The van der Waals surface area contributed by atoms with Crippen molar-refractivity contribution in [2.45, 2.75) is 122 Å². The Hall–Kier alpha value is -1.14. The van der Waals surface area contributed by atoms with Crippen LogP contribution < -0.4 is 5.11 Å². The summed E-state index contributed by atoms with van der Waals surface area (Å²) < 4.78 is 5.77. The number of nitrogens with zero attached hydrogens (tertiary/aromatic N) is 1. The zero-order chi connectivity index (χ0) is 23.5. The Morgan fingerprint density at radius 1 is 0.806 bits per heavy atom. The number of carboxylic acids is 1. The molecule has 0 aromatic rings. The molecule has 0 aromatic carbocycles. The first kappa shape index (κ1) is 29.9. The van der Waals surface area contributed by atoms with Crippen LogP contribution in [0.5, 0.6) is 0 Å². The molecule has 0 heterocycles. The van der Waals surface area contributed by atoms with Crippen LogP contribution in [-0.4, -0.2) is 61.4 Å². The molecule has 0 saturated heterocycles. The van der Waals surface area contributed by atoms with Crippen molar-refractivity contribution in [3.05, 3.63) is 0 Å². The van der Waals surface area contributed by atoms with Crippen molar-refractivity contribution in [1.82, 2.24) is 0 Å². The molecule has 184 valence electrons. The first-order valence-corrected chi connectivity index (χ1v) is 12.5. The number of hydrogen-bond donors (Lipinski definition) is 1. The molecule has 31 heavy (non-hydrogen) atoms. The average molecular weight is 444 g/mol. The number of ether oxygens (including phenoxy) is 1. The number of carbonyl (C=O) groups excluding carboxylic acids is 2. The highest BCUT2D eigenvalue weighted by molar-refractivity contribution is 5.71. The lowest BCUT2D eigenvalue weighted by Gasteiger charge is -2.29. The molecule has 6 heteroatoms. The van der Waals surface area contributed by atoms with Crippen LogP contribution >= 0.6 is 0 Å². The summed E-state index contributed by atoms with van der Waals surface area (Å²) in [5.74, 6) is -1.78. The highest BCUT2D eigenvalue weighted by Gasteiger charge is 2.23. The maximum atomic E-state index is 12.1. The van der Waals surface area contributed by atoms with Gasteiger partial charge in [0.25, 0.3) is 0 Å². The molecule has 0 fully saturated rings. The summed E-state index contributed by atoms with van der Waals surface area (Å²) >= 11 is 0. The summed E-state index contributed by atoms with van der Waals surface area (Å²) in [6.45, 7) is 2.63. The van der Waals surface area contributed by atoms with Gasteiger partial charge in [-0.25, -0.2) is 0 Å². The molecule has 0 spiro atoms. The molecule has 6 nitrogen and oxygen atoms in total. The second-order valence-corrected chi connectivity index (χ2v) is 10.1. The molecule has 0 aliphatic rings. The number of aliphatic carboxylic acids is 1. The van der Waals surface area contributed by atoms with Crippen LogP contribution in [0.25, 0.3) is 0 Å². The number of unbranched alkanes of at least 4 members (excludes halogenated alkanes) is 12. The van der Waals surface area contributed by atoms with E-state index in [9.17, 15) is 19.8 Å². The highest BCUT2D eigenvalue weighted by Crippen LogP contribution is 2.14. The van der Waals surface area contributed by atoms with Crippen LogP contribution in [-0.2, 0) is 14.3 Å². The van der Waals surface area contributed by atoms with Gasteiger partial charge >= 0.3 is 5.97 Å². The Morgan fingerprint density at radius 3 is 1.68 bits per heavy atom. The number of aliphatic hydroxyl groups is 1. The third-order valence-corrected chi connectivity index (χ3v) is 5.49. The maximum Gasteiger partial charge on any atom is 0.308 e. The molecule has 0 saturated carbocycles. The van der Waals surface area contributed by atoms with Gasteiger partial charge in [0.1, 0.15) is 6.54 Å². The van der Waals surface area contributed by atoms with E-state index in [-0.39, 0.29) is 12.8 Å². The zero-order valence-corrected chi connectivity index (χ0v) is 20.7. The molecule has 0 radical (unpaired) electrons. The van der Waals surface area contributed by atoms with Gasteiger partial charge < -0.3 is 24.2 Å². The van der Waals surface area contributed by atoms with E-state index in [1.807, 2.05) is 21.1 Å².